The van der Waals surface area contributed by atoms with E-state index in [0.29, 0.717) is 17.7 Å². The number of ether oxygens (including phenoxy) is 1. The number of nitrogens with one attached hydrogen (secondary N) is 2. The molecule has 0 bridgehead atoms. The van der Waals surface area contributed by atoms with E-state index in [-0.39, 0.29) is 17.3 Å². The number of carbonyl (C=O) groups excluding carboxylic acids is 1. The normalized spacial score (nSPS) is 16.2. The minimum Gasteiger partial charge on any atom is -0.439 e. The van der Waals surface area contributed by atoms with Crippen LogP contribution in [0.2, 0.25) is 0 Å². The minimum atomic E-state index is -4.09. The standard InChI is InChI=1S/C24H22N4O5S/c1-15-12-17-13-18(6-8-21(17)26-15)33-22-9-7-19(14-25-22)34(31,32)28-11-10-16-4-2-3-5-20(16)23(28)24(29)27-30/h2-9,12-14,23,26,30H,10-11H2,1H3,(H,27,29). The molecule has 0 fully saturated rings. The first kappa shape index (κ1) is 22.1. The Balaban J connectivity index is 1.42. The fourth-order valence-electron chi connectivity index (χ4n) is 4.29. The van der Waals surface area contributed by atoms with E-state index < -0.39 is 22.0 Å². The molecule has 2 aromatic carbocycles. The lowest BCUT2D eigenvalue weighted by molar-refractivity contribution is -0.133. The Labute approximate surface area is 196 Å². The molecule has 9 nitrogen and oxygen atoms in total. The zero-order chi connectivity index (χ0) is 23.9. The monoisotopic (exact) mass is 478 g/mol. The third kappa shape index (κ3) is 3.92. The zero-order valence-electron chi connectivity index (χ0n) is 18.2. The van der Waals surface area contributed by atoms with Gasteiger partial charge < -0.3 is 9.72 Å². The van der Waals surface area contributed by atoms with Crippen LogP contribution in [-0.4, -0.2) is 40.4 Å². The van der Waals surface area contributed by atoms with Gasteiger partial charge in [0.2, 0.25) is 15.9 Å². The van der Waals surface area contributed by atoms with E-state index in [1.165, 1.54) is 18.3 Å². The number of hydrogen-bond acceptors (Lipinski definition) is 6. The number of amides is 1. The Kier molecular flexibility index (Phi) is 5.56. The van der Waals surface area contributed by atoms with Gasteiger partial charge in [-0.15, -0.1) is 0 Å². The van der Waals surface area contributed by atoms with E-state index >= 15 is 0 Å². The number of hydrogen-bond donors (Lipinski definition) is 3. The van der Waals surface area contributed by atoms with Crippen LogP contribution in [0.4, 0.5) is 0 Å². The second-order valence-corrected chi connectivity index (χ2v) is 9.97. The number of aromatic nitrogens is 2. The molecule has 174 valence electrons. The molecule has 0 radical (unpaired) electrons. The second kappa shape index (κ2) is 8.56. The first-order chi connectivity index (χ1) is 16.4. The minimum absolute atomic E-state index is 0.0771. The maximum atomic E-state index is 13.4. The summed E-state index contributed by atoms with van der Waals surface area (Å²) in [6.45, 7) is 2.06. The van der Waals surface area contributed by atoms with Crippen molar-refractivity contribution in [1.29, 1.82) is 0 Å². The molecule has 0 saturated heterocycles. The molecular weight excluding hydrogens is 456 g/mol. The number of benzene rings is 2. The van der Waals surface area contributed by atoms with Gasteiger partial charge in [-0.3, -0.25) is 10.0 Å². The van der Waals surface area contributed by atoms with E-state index in [1.807, 2.05) is 37.3 Å². The van der Waals surface area contributed by atoms with Gasteiger partial charge >= 0.3 is 0 Å². The maximum Gasteiger partial charge on any atom is 0.266 e. The van der Waals surface area contributed by atoms with Gasteiger partial charge in [0, 0.05) is 29.2 Å². The van der Waals surface area contributed by atoms with Crippen LogP contribution in [0.15, 0.2) is 71.8 Å². The molecule has 0 aliphatic carbocycles. The lowest BCUT2D eigenvalue weighted by atomic mass is 9.94. The number of nitrogens with zero attached hydrogens (tertiary/aromatic N) is 2. The highest BCUT2D eigenvalue weighted by Crippen LogP contribution is 2.34. The van der Waals surface area contributed by atoms with Crippen LogP contribution < -0.4 is 10.2 Å². The predicted octanol–water partition coefficient (Wildman–Crippen LogP) is 3.46. The van der Waals surface area contributed by atoms with E-state index in [4.69, 9.17) is 4.74 Å². The maximum absolute atomic E-state index is 13.4. The van der Waals surface area contributed by atoms with Crippen molar-refractivity contribution in [2.24, 2.45) is 0 Å². The molecule has 1 aliphatic heterocycles. The topological polar surface area (TPSA) is 125 Å². The van der Waals surface area contributed by atoms with Crippen LogP contribution in [0.3, 0.4) is 0 Å². The van der Waals surface area contributed by atoms with Crippen molar-refractivity contribution < 1.29 is 23.2 Å². The highest BCUT2D eigenvalue weighted by atomic mass is 32.2. The summed E-state index contributed by atoms with van der Waals surface area (Å²) >= 11 is 0. The summed E-state index contributed by atoms with van der Waals surface area (Å²) < 4.78 is 33.7. The molecule has 1 aliphatic rings. The molecule has 2 aromatic heterocycles. The number of pyridine rings is 1. The van der Waals surface area contributed by atoms with Crippen molar-refractivity contribution >= 4 is 26.8 Å². The predicted molar refractivity (Wildman–Crippen MR) is 124 cm³/mol. The number of sulfonamides is 1. The molecule has 3 heterocycles. The Hall–Kier alpha value is -3.73. The molecule has 1 amide bonds. The van der Waals surface area contributed by atoms with Crippen LogP contribution in [0.25, 0.3) is 10.9 Å². The number of hydroxylamine groups is 1. The first-order valence-corrected chi connectivity index (χ1v) is 12.1. The number of H-pyrrole nitrogens is 1. The van der Waals surface area contributed by atoms with Crippen molar-refractivity contribution in [2.75, 3.05) is 6.54 Å². The van der Waals surface area contributed by atoms with Crippen LogP contribution in [0.5, 0.6) is 11.6 Å². The fourth-order valence-corrected chi connectivity index (χ4v) is 5.81. The zero-order valence-corrected chi connectivity index (χ0v) is 19.0. The number of carbonyl (C=O) groups is 1. The van der Waals surface area contributed by atoms with E-state index in [2.05, 4.69) is 9.97 Å². The number of aromatic amines is 1. The van der Waals surface area contributed by atoms with E-state index in [9.17, 15) is 18.4 Å². The van der Waals surface area contributed by atoms with Gasteiger partial charge in [0.25, 0.3) is 5.91 Å². The van der Waals surface area contributed by atoms with Gasteiger partial charge in [0.1, 0.15) is 16.7 Å². The SMILES string of the molecule is Cc1cc2cc(Oc3ccc(S(=O)(=O)N4CCc5ccccc5C4C(=O)NO)cn3)ccc2[nH]1. The van der Waals surface area contributed by atoms with Gasteiger partial charge in [-0.25, -0.2) is 18.9 Å². The highest BCUT2D eigenvalue weighted by molar-refractivity contribution is 7.89. The van der Waals surface area contributed by atoms with Gasteiger partial charge in [0.15, 0.2) is 0 Å². The quantitative estimate of drug-likeness (QED) is 0.298. The fraction of sp³-hybridized carbons (Fsp3) is 0.167. The van der Waals surface area contributed by atoms with Crippen LogP contribution in [0.1, 0.15) is 22.9 Å². The van der Waals surface area contributed by atoms with Crippen LogP contribution >= 0.6 is 0 Å². The van der Waals surface area contributed by atoms with E-state index in [1.54, 1.807) is 23.7 Å². The number of rotatable bonds is 5. The lowest BCUT2D eigenvalue weighted by Gasteiger charge is -2.34. The molecule has 10 heteroatoms. The largest absolute Gasteiger partial charge is 0.439 e. The van der Waals surface area contributed by atoms with Gasteiger partial charge in [-0.2, -0.15) is 4.31 Å². The van der Waals surface area contributed by atoms with Gasteiger partial charge in [-0.05, 0) is 54.8 Å². The summed E-state index contributed by atoms with van der Waals surface area (Å²) in [4.78, 5) is 19.8. The smallest absolute Gasteiger partial charge is 0.266 e. The van der Waals surface area contributed by atoms with Gasteiger partial charge in [-0.1, -0.05) is 24.3 Å². The first-order valence-electron chi connectivity index (χ1n) is 10.6. The molecule has 5 rings (SSSR count). The molecule has 1 unspecified atom stereocenters. The van der Waals surface area contributed by atoms with Crippen LogP contribution in [-0.2, 0) is 21.2 Å². The average molecular weight is 479 g/mol. The van der Waals surface area contributed by atoms with Crippen molar-refractivity contribution in [2.45, 2.75) is 24.3 Å². The van der Waals surface area contributed by atoms with Crippen molar-refractivity contribution in [3.05, 3.63) is 83.7 Å². The van der Waals surface area contributed by atoms with Crippen molar-refractivity contribution in [3.8, 4) is 11.6 Å². The average Bonchev–Trinajstić information content (AvgIpc) is 3.22. The van der Waals surface area contributed by atoms with E-state index in [0.717, 1.165) is 26.5 Å². The molecular formula is C24H22N4O5S. The molecule has 0 spiro atoms. The summed E-state index contributed by atoms with van der Waals surface area (Å²) in [6.07, 6.45) is 1.65. The third-order valence-corrected chi connectivity index (χ3v) is 7.71. The van der Waals surface area contributed by atoms with Gasteiger partial charge in [0.05, 0.1) is 6.20 Å². The number of fused-ring (bicyclic) bond motifs is 2. The Bertz CT molecular complexity index is 1480. The number of aryl methyl sites for hydroxylation is 1. The third-order valence-electron chi connectivity index (χ3n) is 5.86. The summed E-state index contributed by atoms with van der Waals surface area (Å²) in [5, 5.41) is 10.3. The lowest BCUT2D eigenvalue weighted by Crippen LogP contribution is -2.46. The molecule has 4 aromatic rings. The summed E-state index contributed by atoms with van der Waals surface area (Å²) in [7, 11) is -4.09. The van der Waals surface area contributed by atoms with Crippen LogP contribution in [0, 0.1) is 6.92 Å². The Morgan fingerprint density at radius 2 is 2.00 bits per heavy atom. The summed E-state index contributed by atoms with van der Waals surface area (Å²) in [5.41, 5.74) is 5.02. The summed E-state index contributed by atoms with van der Waals surface area (Å²) in [5.74, 6) is -0.0138. The summed E-state index contributed by atoms with van der Waals surface area (Å²) in [6, 6.07) is 16.3. The second-order valence-electron chi connectivity index (χ2n) is 8.08. The molecule has 1 atom stereocenters. The molecule has 34 heavy (non-hydrogen) atoms. The van der Waals surface area contributed by atoms with Crippen molar-refractivity contribution in [3.63, 3.8) is 0 Å². The molecule has 0 saturated carbocycles. The Morgan fingerprint density at radius 3 is 2.76 bits per heavy atom. The molecule has 3 N–H and O–H groups in total. The van der Waals surface area contributed by atoms with Crippen molar-refractivity contribution in [1.82, 2.24) is 19.8 Å². The Morgan fingerprint density at radius 1 is 1.18 bits per heavy atom. The highest BCUT2D eigenvalue weighted by Gasteiger charge is 2.40.